The molecule has 0 bridgehead atoms. The van der Waals surface area contributed by atoms with Gasteiger partial charge in [0.25, 0.3) is 0 Å². The normalized spacial score (nSPS) is 14.1. The van der Waals surface area contributed by atoms with Crippen LogP contribution >= 0.6 is 24.8 Å². The maximum Gasteiger partial charge on any atom is 0.0237 e. The Balaban J connectivity index is 0.000000845. The second-order valence-corrected chi connectivity index (χ2v) is 3.48. The lowest BCUT2D eigenvalue weighted by Gasteiger charge is -2.02. The Hall–Kier alpha value is -0.280. The van der Waals surface area contributed by atoms with E-state index >= 15 is 0 Å². The lowest BCUT2D eigenvalue weighted by molar-refractivity contribution is 0.353. The molecule has 1 heterocycles. The minimum Gasteiger partial charge on any atom is -0.326 e. The molecule has 80 valence electrons. The molecule has 0 aliphatic carbocycles. The number of fused-ring (bicyclic) bond motifs is 1. The molecule has 0 radical (unpaired) electrons. The Bertz CT molecular complexity index is 302. The monoisotopic (exact) mass is 234 g/mol. The zero-order valence-electron chi connectivity index (χ0n) is 8.19. The summed E-state index contributed by atoms with van der Waals surface area (Å²) in [5.74, 6) is 0. The first-order valence-electron chi connectivity index (χ1n) is 4.29. The highest BCUT2D eigenvalue weighted by atomic mass is 35.5. The number of halogens is 2. The van der Waals surface area contributed by atoms with Crippen LogP contribution in [0.4, 0.5) is 0 Å². The highest BCUT2D eigenvalue weighted by molar-refractivity contribution is 5.85. The van der Waals surface area contributed by atoms with E-state index in [1.165, 1.54) is 16.7 Å². The van der Waals surface area contributed by atoms with Crippen molar-refractivity contribution in [2.75, 3.05) is 7.05 Å². The fourth-order valence-electron chi connectivity index (χ4n) is 1.75. The van der Waals surface area contributed by atoms with Gasteiger partial charge < -0.3 is 5.73 Å². The van der Waals surface area contributed by atoms with E-state index in [1.54, 1.807) is 0 Å². The highest BCUT2D eigenvalue weighted by Gasteiger charge is 2.14. The van der Waals surface area contributed by atoms with Gasteiger partial charge in [-0.25, -0.2) is 0 Å². The lowest BCUT2D eigenvalue weighted by atomic mass is 10.1. The molecule has 1 aromatic carbocycles. The molecule has 0 saturated carbocycles. The fraction of sp³-hybridized carbons (Fsp3) is 0.400. The molecule has 2 rings (SSSR count). The molecule has 1 aromatic rings. The summed E-state index contributed by atoms with van der Waals surface area (Å²) >= 11 is 0. The smallest absolute Gasteiger partial charge is 0.0237 e. The van der Waals surface area contributed by atoms with Gasteiger partial charge in [-0.3, -0.25) is 4.90 Å². The standard InChI is InChI=1S/C10H14N2.2ClH/c1-12-6-9-3-2-8(5-11)4-10(9)7-12;;/h2-4H,5-7,11H2,1H3;2*1H. The SMILES string of the molecule is CN1Cc2ccc(CN)cc2C1.Cl.Cl. The average Bonchev–Trinajstić information content (AvgIpc) is 2.43. The lowest BCUT2D eigenvalue weighted by Crippen LogP contribution is -2.07. The van der Waals surface area contributed by atoms with Crippen molar-refractivity contribution in [3.63, 3.8) is 0 Å². The first-order chi connectivity index (χ1) is 5.79. The first-order valence-corrected chi connectivity index (χ1v) is 4.29. The van der Waals surface area contributed by atoms with Crippen molar-refractivity contribution in [2.45, 2.75) is 19.6 Å². The summed E-state index contributed by atoms with van der Waals surface area (Å²) in [5.41, 5.74) is 9.70. The van der Waals surface area contributed by atoms with Gasteiger partial charge >= 0.3 is 0 Å². The van der Waals surface area contributed by atoms with Crippen molar-refractivity contribution in [3.8, 4) is 0 Å². The van der Waals surface area contributed by atoms with Gasteiger partial charge in [0.1, 0.15) is 0 Å². The predicted octanol–water partition coefficient (Wildman–Crippen LogP) is 1.93. The van der Waals surface area contributed by atoms with Gasteiger partial charge in [-0.15, -0.1) is 24.8 Å². The fourth-order valence-corrected chi connectivity index (χ4v) is 1.75. The molecule has 2 nitrogen and oxygen atoms in total. The molecule has 0 fully saturated rings. The van der Waals surface area contributed by atoms with E-state index in [9.17, 15) is 0 Å². The first kappa shape index (κ1) is 13.7. The van der Waals surface area contributed by atoms with Crippen LogP contribution in [-0.4, -0.2) is 11.9 Å². The second-order valence-electron chi connectivity index (χ2n) is 3.48. The number of hydrogen-bond donors (Lipinski definition) is 1. The van der Waals surface area contributed by atoms with Gasteiger partial charge in [-0.1, -0.05) is 18.2 Å². The summed E-state index contributed by atoms with van der Waals surface area (Å²) < 4.78 is 0. The van der Waals surface area contributed by atoms with Gasteiger partial charge in [0.15, 0.2) is 0 Å². The maximum atomic E-state index is 5.56. The molecule has 0 saturated heterocycles. The van der Waals surface area contributed by atoms with Crippen molar-refractivity contribution in [2.24, 2.45) is 5.73 Å². The van der Waals surface area contributed by atoms with Crippen LogP contribution in [0.2, 0.25) is 0 Å². The Morgan fingerprint density at radius 3 is 2.50 bits per heavy atom. The summed E-state index contributed by atoms with van der Waals surface area (Å²) in [6, 6.07) is 6.54. The second kappa shape index (κ2) is 5.56. The highest BCUT2D eigenvalue weighted by Crippen LogP contribution is 2.21. The molecule has 0 atom stereocenters. The number of hydrogen-bond acceptors (Lipinski definition) is 2. The third-order valence-corrected chi connectivity index (χ3v) is 2.39. The molecule has 1 aliphatic rings. The Labute approximate surface area is 97.3 Å². The molecule has 0 aromatic heterocycles. The van der Waals surface area contributed by atoms with E-state index in [0.717, 1.165) is 13.1 Å². The maximum absolute atomic E-state index is 5.56. The minimum atomic E-state index is 0. The molecular weight excluding hydrogens is 219 g/mol. The molecule has 0 spiro atoms. The largest absolute Gasteiger partial charge is 0.326 e. The molecule has 1 aliphatic heterocycles. The van der Waals surface area contributed by atoms with Crippen LogP contribution < -0.4 is 5.73 Å². The Kier molecular flexibility index (Phi) is 5.45. The van der Waals surface area contributed by atoms with Gasteiger partial charge in [0, 0.05) is 19.6 Å². The van der Waals surface area contributed by atoms with Crippen LogP contribution in [0.3, 0.4) is 0 Å². The van der Waals surface area contributed by atoms with E-state index in [1.807, 2.05) is 0 Å². The van der Waals surface area contributed by atoms with Crippen molar-refractivity contribution >= 4 is 24.8 Å². The number of nitrogens with two attached hydrogens (primary N) is 1. The van der Waals surface area contributed by atoms with Crippen LogP contribution in [-0.2, 0) is 19.6 Å². The topological polar surface area (TPSA) is 29.3 Å². The number of benzene rings is 1. The van der Waals surface area contributed by atoms with Gasteiger partial charge in [0.05, 0.1) is 0 Å². The van der Waals surface area contributed by atoms with Crippen LogP contribution in [0, 0.1) is 0 Å². The zero-order chi connectivity index (χ0) is 8.55. The number of rotatable bonds is 1. The average molecular weight is 235 g/mol. The van der Waals surface area contributed by atoms with E-state index in [4.69, 9.17) is 5.73 Å². The van der Waals surface area contributed by atoms with Crippen LogP contribution in [0.1, 0.15) is 16.7 Å². The molecule has 0 amide bonds. The molecular formula is C10H16Cl2N2. The van der Waals surface area contributed by atoms with Gasteiger partial charge in [-0.2, -0.15) is 0 Å². The quantitative estimate of drug-likeness (QED) is 0.805. The summed E-state index contributed by atoms with van der Waals surface area (Å²) in [5, 5.41) is 0. The van der Waals surface area contributed by atoms with Crippen LogP contribution in [0.5, 0.6) is 0 Å². The van der Waals surface area contributed by atoms with Crippen LogP contribution in [0.15, 0.2) is 18.2 Å². The van der Waals surface area contributed by atoms with E-state index in [0.29, 0.717) is 6.54 Å². The van der Waals surface area contributed by atoms with Crippen molar-refractivity contribution in [1.82, 2.24) is 4.90 Å². The third kappa shape index (κ3) is 2.61. The summed E-state index contributed by atoms with van der Waals surface area (Å²) in [6.45, 7) is 2.81. The van der Waals surface area contributed by atoms with E-state index in [-0.39, 0.29) is 24.8 Å². The minimum absolute atomic E-state index is 0. The zero-order valence-corrected chi connectivity index (χ0v) is 9.83. The summed E-state index contributed by atoms with van der Waals surface area (Å²) in [6.07, 6.45) is 0. The predicted molar refractivity (Wildman–Crippen MR) is 64.0 cm³/mol. The van der Waals surface area contributed by atoms with E-state index < -0.39 is 0 Å². The van der Waals surface area contributed by atoms with Crippen molar-refractivity contribution in [3.05, 3.63) is 34.9 Å². The Morgan fingerprint density at radius 1 is 1.21 bits per heavy atom. The van der Waals surface area contributed by atoms with Crippen molar-refractivity contribution in [1.29, 1.82) is 0 Å². The molecule has 4 heteroatoms. The molecule has 14 heavy (non-hydrogen) atoms. The summed E-state index contributed by atoms with van der Waals surface area (Å²) in [4.78, 5) is 2.31. The van der Waals surface area contributed by atoms with Crippen molar-refractivity contribution < 1.29 is 0 Å². The van der Waals surface area contributed by atoms with Gasteiger partial charge in [0.2, 0.25) is 0 Å². The number of nitrogens with zero attached hydrogens (tertiary/aromatic N) is 1. The Morgan fingerprint density at radius 2 is 1.86 bits per heavy atom. The van der Waals surface area contributed by atoms with Crippen LogP contribution in [0.25, 0.3) is 0 Å². The molecule has 0 unspecified atom stereocenters. The summed E-state index contributed by atoms with van der Waals surface area (Å²) in [7, 11) is 2.14. The third-order valence-electron chi connectivity index (χ3n) is 2.39. The van der Waals surface area contributed by atoms with Gasteiger partial charge in [-0.05, 0) is 23.7 Å². The molecule has 2 N–H and O–H groups in total. The van der Waals surface area contributed by atoms with E-state index in [2.05, 4.69) is 30.1 Å².